The fraction of sp³-hybridized carbons (Fsp3) is 0.970. The molecule has 2 fully saturated rings. The Balaban J connectivity index is 1.76. The zero-order valence-corrected chi connectivity index (χ0v) is 29.7. The molecule has 3 N–H and O–H groups in total. The molecule has 0 saturated carbocycles. The maximum absolute atomic E-state index is 13.3. The third kappa shape index (κ3) is 13.4. The molecule has 0 aromatic carbocycles. The first-order valence-electron chi connectivity index (χ1n) is 17.4. The second kappa shape index (κ2) is 22.3. The van der Waals surface area contributed by atoms with Crippen LogP contribution in [0, 0.1) is 5.92 Å². The van der Waals surface area contributed by atoms with Gasteiger partial charge in [0, 0.05) is 12.8 Å². The van der Waals surface area contributed by atoms with Crippen molar-refractivity contribution in [3.05, 3.63) is 0 Å². The Labute approximate surface area is 274 Å². The number of hydrogen-bond donors (Lipinski definition) is 3. The number of rotatable bonds is 23. The molecular weight excluding hydrogens is 604 g/mol. The van der Waals surface area contributed by atoms with Gasteiger partial charge in [0.05, 0.1) is 34.9 Å². The molecule has 260 valence electrons. The van der Waals surface area contributed by atoms with Gasteiger partial charge in [-0.05, 0) is 39.2 Å². The van der Waals surface area contributed by atoms with Gasteiger partial charge in [-0.3, -0.25) is 13.9 Å². The van der Waals surface area contributed by atoms with Crippen LogP contribution in [0.2, 0.25) is 0 Å². The van der Waals surface area contributed by atoms with Crippen LogP contribution in [0.4, 0.5) is 0 Å². The number of halogens is 1. The molecule has 2 heterocycles. The molecule has 2 aliphatic rings. The Bertz CT molecular complexity index is 810. The molecule has 0 radical (unpaired) electrons. The van der Waals surface area contributed by atoms with Crippen LogP contribution in [0.15, 0.2) is 0 Å². The Morgan fingerprint density at radius 3 is 2.07 bits per heavy atom. The highest BCUT2D eigenvalue weighted by atomic mass is 35.5. The molecule has 2 rings (SSSR count). The van der Waals surface area contributed by atoms with Crippen molar-refractivity contribution in [3.8, 4) is 0 Å². The monoisotopic (exact) mass is 666 g/mol. The SMILES string of the molecule is CCCCCCCCCCCCCCCOO[C@H]1C(S(C)=O)O[C@H]([C@H](NC(=O)[C@@H]2C[C@@H](CCC)CN2C)[C@H](C)Cl)[C@H](O)[C@@H]1O. The number of unbranched alkanes of at least 4 members (excludes halogenated alkanes) is 12. The van der Waals surface area contributed by atoms with Crippen LogP contribution in [-0.4, -0.2) is 99.0 Å². The molecule has 2 unspecified atom stereocenters. The molecule has 9 nitrogen and oxygen atoms in total. The molecule has 2 aliphatic heterocycles. The van der Waals surface area contributed by atoms with Crippen LogP contribution in [0.25, 0.3) is 0 Å². The Morgan fingerprint density at radius 1 is 0.977 bits per heavy atom. The lowest BCUT2D eigenvalue weighted by atomic mass is 9.92. The largest absolute Gasteiger partial charge is 0.388 e. The van der Waals surface area contributed by atoms with Gasteiger partial charge in [0.25, 0.3) is 0 Å². The highest BCUT2D eigenvalue weighted by molar-refractivity contribution is 7.84. The van der Waals surface area contributed by atoms with Crippen LogP contribution in [-0.2, 0) is 30.1 Å². The molecule has 0 aromatic rings. The third-order valence-electron chi connectivity index (χ3n) is 9.21. The van der Waals surface area contributed by atoms with Crippen LogP contribution < -0.4 is 5.32 Å². The molecule has 11 heteroatoms. The predicted octanol–water partition coefficient (Wildman–Crippen LogP) is 5.45. The van der Waals surface area contributed by atoms with Gasteiger partial charge in [-0.2, -0.15) is 0 Å². The Kier molecular flexibility index (Phi) is 20.2. The number of likely N-dealkylation sites (N-methyl/N-ethyl adjacent to an activating group) is 1. The number of carbonyl (C=O) groups is 1. The minimum Gasteiger partial charge on any atom is -0.388 e. The van der Waals surface area contributed by atoms with Crippen molar-refractivity contribution < 1.29 is 33.7 Å². The lowest BCUT2D eigenvalue weighted by Gasteiger charge is -2.44. The van der Waals surface area contributed by atoms with Gasteiger partial charge in [-0.15, -0.1) is 11.6 Å². The van der Waals surface area contributed by atoms with E-state index in [1.54, 1.807) is 6.92 Å². The molecule has 1 amide bonds. The average Bonchev–Trinajstić information content (AvgIpc) is 3.35. The molecule has 0 spiro atoms. The van der Waals surface area contributed by atoms with E-state index < -0.39 is 52.1 Å². The van der Waals surface area contributed by atoms with E-state index in [0.717, 1.165) is 45.1 Å². The highest BCUT2D eigenvalue weighted by Gasteiger charge is 2.51. The normalized spacial score (nSPS) is 29.9. The number of ether oxygens (including phenoxy) is 1. The number of aliphatic hydroxyl groups is 2. The first-order chi connectivity index (χ1) is 21.1. The highest BCUT2D eigenvalue weighted by Crippen LogP contribution is 2.30. The fourth-order valence-electron chi connectivity index (χ4n) is 6.58. The van der Waals surface area contributed by atoms with E-state index in [4.69, 9.17) is 26.1 Å². The lowest BCUT2D eigenvalue weighted by molar-refractivity contribution is -0.369. The van der Waals surface area contributed by atoms with Crippen LogP contribution in [0.1, 0.15) is 124 Å². The molecule has 10 atom stereocenters. The average molecular weight is 667 g/mol. The van der Waals surface area contributed by atoms with Crippen molar-refractivity contribution in [1.29, 1.82) is 0 Å². The van der Waals surface area contributed by atoms with Crippen LogP contribution >= 0.6 is 11.6 Å². The number of nitrogens with one attached hydrogen (secondary N) is 1. The van der Waals surface area contributed by atoms with E-state index in [9.17, 15) is 19.2 Å². The summed E-state index contributed by atoms with van der Waals surface area (Å²) in [7, 11) is 0.359. The number of likely N-dealkylation sites (tertiary alicyclic amines) is 1. The molecule has 0 aliphatic carbocycles. The summed E-state index contributed by atoms with van der Waals surface area (Å²) in [4.78, 5) is 26.2. The number of alkyl halides is 1. The fourth-order valence-corrected chi connectivity index (χ4v) is 7.66. The van der Waals surface area contributed by atoms with Crippen molar-refractivity contribution >= 4 is 28.3 Å². The summed E-state index contributed by atoms with van der Waals surface area (Å²) in [5.74, 6) is 0.262. The van der Waals surface area contributed by atoms with Crippen molar-refractivity contribution in [1.82, 2.24) is 10.2 Å². The zero-order valence-electron chi connectivity index (χ0n) is 28.1. The predicted molar refractivity (Wildman–Crippen MR) is 178 cm³/mol. The molecule has 0 aromatic heterocycles. The number of carbonyl (C=O) groups excluding carboxylic acids is 1. The first kappa shape index (κ1) is 39.8. The van der Waals surface area contributed by atoms with Crippen LogP contribution in [0.3, 0.4) is 0 Å². The molecular formula is C33H63ClN2O7S. The quantitative estimate of drug-likeness (QED) is 0.0570. The van der Waals surface area contributed by atoms with Crippen molar-refractivity contribution in [2.24, 2.45) is 5.92 Å². The minimum atomic E-state index is -1.58. The summed E-state index contributed by atoms with van der Waals surface area (Å²) in [6.45, 7) is 7.27. The van der Waals surface area contributed by atoms with Gasteiger partial charge in [-0.25, -0.2) is 9.78 Å². The van der Waals surface area contributed by atoms with E-state index >= 15 is 0 Å². The Morgan fingerprint density at radius 2 is 1.55 bits per heavy atom. The minimum absolute atomic E-state index is 0.192. The maximum Gasteiger partial charge on any atom is 0.237 e. The summed E-state index contributed by atoms with van der Waals surface area (Å²) in [5.41, 5.74) is -1.07. The second-order valence-electron chi connectivity index (χ2n) is 13.1. The zero-order chi connectivity index (χ0) is 32.5. The third-order valence-corrected chi connectivity index (χ3v) is 10.5. The number of amides is 1. The van der Waals surface area contributed by atoms with Crippen LogP contribution in [0.5, 0.6) is 0 Å². The molecule has 2 saturated heterocycles. The summed E-state index contributed by atoms with van der Waals surface area (Å²) < 4.78 is 18.7. The Hall–Kier alpha value is -0.330. The van der Waals surface area contributed by atoms with Gasteiger partial charge >= 0.3 is 0 Å². The van der Waals surface area contributed by atoms with Gasteiger partial charge < -0.3 is 20.3 Å². The maximum atomic E-state index is 13.3. The van der Waals surface area contributed by atoms with Gasteiger partial charge in [0.2, 0.25) is 5.91 Å². The summed E-state index contributed by atoms with van der Waals surface area (Å²) >= 11 is 6.49. The van der Waals surface area contributed by atoms with Gasteiger partial charge in [0.1, 0.15) is 18.3 Å². The smallest absolute Gasteiger partial charge is 0.237 e. The van der Waals surface area contributed by atoms with Crippen molar-refractivity contribution in [2.75, 3.05) is 26.5 Å². The van der Waals surface area contributed by atoms with Gasteiger partial charge in [0.15, 0.2) is 11.5 Å². The second-order valence-corrected chi connectivity index (χ2v) is 15.3. The van der Waals surface area contributed by atoms with Gasteiger partial charge in [-0.1, -0.05) is 97.3 Å². The summed E-state index contributed by atoms with van der Waals surface area (Å²) in [6.07, 6.45) is 15.4. The van der Waals surface area contributed by atoms with E-state index in [1.807, 2.05) is 11.9 Å². The van der Waals surface area contributed by atoms with E-state index in [1.165, 1.54) is 70.5 Å². The number of aliphatic hydroxyl groups excluding tert-OH is 2. The lowest BCUT2D eigenvalue weighted by Crippen LogP contribution is -2.66. The molecule has 44 heavy (non-hydrogen) atoms. The van der Waals surface area contributed by atoms with Crippen molar-refractivity contribution in [3.63, 3.8) is 0 Å². The summed E-state index contributed by atoms with van der Waals surface area (Å²) in [5, 5.41) is 24.4. The standard InChI is InChI=1S/C33H63ClN2O7S/c1-6-8-9-10-11-12-13-14-15-16-17-18-19-21-41-43-31-29(38)28(37)30(42-33(31)44(5)40)27(24(3)34)35-32(39)26-22-25(20-7-2)23-36(26)4/h24-31,33,37-38H,6-23H2,1-5H3,(H,35,39)/t24-,25+,26-,27+,28+,29-,30+,31+,33?,44?/m0/s1. The number of nitrogens with zero attached hydrogens (tertiary/aromatic N) is 1. The topological polar surface area (TPSA) is 118 Å². The molecule has 0 bridgehead atoms. The summed E-state index contributed by atoms with van der Waals surface area (Å²) in [6, 6.07) is -1.12. The number of hydrogen-bond acceptors (Lipinski definition) is 8. The van der Waals surface area contributed by atoms with E-state index in [-0.39, 0.29) is 11.9 Å². The van der Waals surface area contributed by atoms with E-state index in [2.05, 4.69) is 19.2 Å². The van der Waals surface area contributed by atoms with E-state index in [0.29, 0.717) is 12.5 Å². The first-order valence-corrected chi connectivity index (χ1v) is 19.4. The van der Waals surface area contributed by atoms with Crippen molar-refractivity contribution in [2.45, 2.75) is 171 Å².